The van der Waals surface area contributed by atoms with E-state index in [4.69, 9.17) is 4.74 Å². The molecule has 0 saturated heterocycles. The molecule has 1 N–H and O–H groups in total. The second-order valence-electron chi connectivity index (χ2n) is 5.23. The van der Waals surface area contributed by atoms with Crippen LogP contribution in [0.4, 0.5) is 0 Å². The summed E-state index contributed by atoms with van der Waals surface area (Å²) < 4.78 is 4.92. The van der Waals surface area contributed by atoms with Crippen molar-refractivity contribution in [1.82, 2.24) is 10.2 Å². The van der Waals surface area contributed by atoms with Crippen molar-refractivity contribution in [3.8, 4) is 0 Å². The van der Waals surface area contributed by atoms with E-state index in [1.807, 2.05) is 18.2 Å². The number of hydrogen-bond donors (Lipinski definition) is 1. The van der Waals surface area contributed by atoms with E-state index in [-0.39, 0.29) is 18.4 Å². The first-order valence-electron chi connectivity index (χ1n) is 7.68. The number of carbonyl (C=O) groups excluding carboxylic acids is 2. The Hall–Kier alpha value is -1.88. The molecule has 0 aromatic heterocycles. The van der Waals surface area contributed by atoms with E-state index in [0.29, 0.717) is 19.7 Å². The number of nitrogens with one attached hydrogen (secondary N) is 1. The highest BCUT2D eigenvalue weighted by molar-refractivity contribution is 5.83. The van der Waals surface area contributed by atoms with Gasteiger partial charge in [0.15, 0.2) is 0 Å². The van der Waals surface area contributed by atoms with Crippen molar-refractivity contribution >= 4 is 11.8 Å². The number of benzene rings is 1. The number of nitrogens with zero attached hydrogens (tertiary/aromatic N) is 1. The maximum atomic E-state index is 11.8. The molecule has 0 aliphatic carbocycles. The fourth-order valence-electron chi connectivity index (χ4n) is 2.14. The molecule has 5 heteroatoms. The Balaban J connectivity index is 2.29. The molecule has 0 aliphatic heterocycles. The number of methoxy groups -OCH3 is 1. The summed E-state index contributed by atoms with van der Waals surface area (Å²) in [6.45, 7) is 3.41. The monoisotopic (exact) mass is 306 g/mol. The highest BCUT2D eigenvalue weighted by atomic mass is 16.5. The van der Waals surface area contributed by atoms with Gasteiger partial charge in [0.25, 0.3) is 0 Å². The van der Waals surface area contributed by atoms with Gasteiger partial charge in [-0.3, -0.25) is 9.59 Å². The largest absolute Gasteiger partial charge is 0.385 e. The second-order valence-corrected chi connectivity index (χ2v) is 5.23. The Morgan fingerprint density at radius 1 is 1.18 bits per heavy atom. The molecule has 0 radical (unpaired) electrons. The number of rotatable bonds is 10. The zero-order chi connectivity index (χ0) is 16.2. The number of amides is 2. The molecule has 0 aliphatic rings. The molecule has 0 saturated carbocycles. The molecule has 0 atom stereocenters. The average molecular weight is 306 g/mol. The molecule has 0 fully saturated rings. The maximum absolute atomic E-state index is 11.8. The van der Waals surface area contributed by atoms with Crippen LogP contribution in [0.2, 0.25) is 0 Å². The Morgan fingerprint density at radius 3 is 2.55 bits per heavy atom. The zero-order valence-electron chi connectivity index (χ0n) is 13.5. The normalized spacial score (nSPS) is 10.3. The lowest BCUT2D eigenvalue weighted by Gasteiger charge is -2.20. The minimum Gasteiger partial charge on any atom is -0.385 e. The summed E-state index contributed by atoms with van der Waals surface area (Å²) in [5.74, 6) is -0.189. The predicted octanol–water partition coefficient (Wildman–Crippen LogP) is 1.62. The number of ether oxygens (including phenoxy) is 1. The molecule has 0 bridgehead atoms. The van der Waals surface area contributed by atoms with Crippen LogP contribution < -0.4 is 5.32 Å². The van der Waals surface area contributed by atoms with Crippen molar-refractivity contribution in [3.63, 3.8) is 0 Å². The van der Waals surface area contributed by atoms with Gasteiger partial charge in [0, 0.05) is 33.7 Å². The topological polar surface area (TPSA) is 58.6 Å². The minimum absolute atomic E-state index is 0.0693. The molecule has 0 heterocycles. The van der Waals surface area contributed by atoms with Crippen LogP contribution in [0.3, 0.4) is 0 Å². The number of carbonyl (C=O) groups is 2. The van der Waals surface area contributed by atoms with Crippen LogP contribution >= 0.6 is 0 Å². The molecule has 1 rings (SSSR count). The molecule has 1 aromatic rings. The lowest BCUT2D eigenvalue weighted by atomic mass is 10.1. The van der Waals surface area contributed by atoms with E-state index in [9.17, 15) is 9.59 Å². The van der Waals surface area contributed by atoms with E-state index >= 15 is 0 Å². The Kier molecular flexibility index (Phi) is 8.91. The number of hydrogen-bond acceptors (Lipinski definition) is 3. The summed E-state index contributed by atoms with van der Waals surface area (Å²) in [7, 11) is 1.63. The van der Waals surface area contributed by atoms with Gasteiger partial charge in [0.05, 0.1) is 6.54 Å². The van der Waals surface area contributed by atoms with Crippen molar-refractivity contribution < 1.29 is 14.3 Å². The first-order valence-corrected chi connectivity index (χ1v) is 7.68. The smallest absolute Gasteiger partial charge is 0.239 e. The third kappa shape index (κ3) is 7.78. The van der Waals surface area contributed by atoms with Gasteiger partial charge in [-0.25, -0.2) is 0 Å². The van der Waals surface area contributed by atoms with Gasteiger partial charge < -0.3 is 15.0 Å². The molecule has 0 spiro atoms. The Morgan fingerprint density at radius 2 is 1.91 bits per heavy atom. The van der Waals surface area contributed by atoms with Gasteiger partial charge in [0.2, 0.25) is 11.8 Å². The van der Waals surface area contributed by atoms with Crippen LogP contribution in [0.15, 0.2) is 30.3 Å². The van der Waals surface area contributed by atoms with Crippen LogP contribution in [0.1, 0.15) is 25.3 Å². The van der Waals surface area contributed by atoms with E-state index in [1.165, 1.54) is 12.5 Å². The zero-order valence-corrected chi connectivity index (χ0v) is 13.5. The third-order valence-electron chi connectivity index (χ3n) is 3.36. The molecule has 0 unspecified atom stereocenters. The summed E-state index contributed by atoms with van der Waals surface area (Å²) in [5.41, 5.74) is 1.25. The van der Waals surface area contributed by atoms with E-state index < -0.39 is 0 Å². The fourth-order valence-corrected chi connectivity index (χ4v) is 2.14. The molecular weight excluding hydrogens is 280 g/mol. The Bertz CT molecular complexity index is 448. The summed E-state index contributed by atoms with van der Waals surface area (Å²) in [5, 5.41) is 2.80. The Labute approximate surface area is 132 Å². The van der Waals surface area contributed by atoms with Gasteiger partial charge in [-0.15, -0.1) is 0 Å². The van der Waals surface area contributed by atoms with Crippen LogP contribution in [0, 0.1) is 0 Å². The molecule has 2 amide bonds. The van der Waals surface area contributed by atoms with Gasteiger partial charge in [0.1, 0.15) is 0 Å². The predicted molar refractivity (Wildman–Crippen MR) is 86.5 cm³/mol. The summed E-state index contributed by atoms with van der Waals surface area (Å²) in [6, 6.07) is 10.1. The maximum Gasteiger partial charge on any atom is 0.239 e. The second kappa shape index (κ2) is 10.8. The van der Waals surface area contributed by atoms with E-state index in [2.05, 4.69) is 17.4 Å². The van der Waals surface area contributed by atoms with Crippen molar-refractivity contribution in [2.75, 3.05) is 33.4 Å². The average Bonchev–Trinajstić information content (AvgIpc) is 2.51. The van der Waals surface area contributed by atoms with Gasteiger partial charge in [-0.05, 0) is 24.8 Å². The summed E-state index contributed by atoms with van der Waals surface area (Å²) >= 11 is 0. The summed E-state index contributed by atoms with van der Waals surface area (Å²) in [4.78, 5) is 25.0. The van der Waals surface area contributed by atoms with Crippen molar-refractivity contribution in [2.24, 2.45) is 0 Å². The quantitative estimate of drug-likeness (QED) is 0.668. The molecular formula is C17H26N2O3. The van der Waals surface area contributed by atoms with Crippen LogP contribution in [0.25, 0.3) is 0 Å². The van der Waals surface area contributed by atoms with Crippen LogP contribution in [0.5, 0.6) is 0 Å². The first-order chi connectivity index (χ1) is 10.6. The molecule has 22 heavy (non-hydrogen) atoms. The lowest BCUT2D eigenvalue weighted by molar-refractivity contribution is -0.134. The highest BCUT2D eigenvalue weighted by Crippen LogP contribution is 2.04. The molecule has 1 aromatic carbocycles. The van der Waals surface area contributed by atoms with Crippen molar-refractivity contribution in [3.05, 3.63) is 35.9 Å². The van der Waals surface area contributed by atoms with E-state index in [0.717, 1.165) is 19.3 Å². The van der Waals surface area contributed by atoms with Gasteiger partial charge in [-0.2, -0.15) is 0 Å². The highest BCUT2D eigenvalue weighted by Gasteiger charge is 2.12. The van der Waals surface area contributed by atoms with Gasteiger partial charge >= 0.3 is 0 Å². The van der Waals surface area contributed by atoms with Crippen LogP contribution in [-0.2, 0) is 20.7 Å². The van der Waals surface area contributed by atoms with Crippen molar-refractivity contribution in [2.45, 2.75) is 26.2 Å². The standard InChI is InChI=1S/C17H26N2O3/c1-15(20)19(14-17(21)18-11-7-13-22-2)12-6-10-16-8-4-3-5-9-16/h3-5,8-9H,6-7,10-14H2,1-2H3,(H,18,21). The molecule has 122 valence electrons. The van der Waals surface area contributed by atoms with Crippen molar-refractivity contribution in [1.29, 1.82) is 0 Å². The SMILES string of the molecule is COCCCNC(=O)CN(CCCc1ccccc1)C(C)=O. The lowest BCUT2D eigenvalue weighted by Crippen LogP contribution is -2.40. The van der Waals surface area contributed by atoms with Crippen LogP contribution in [-0.4, -0.2) is 50.1 Å². The molecule has 5 nitrogen and oxygen atoms in total. The number of aryl methyl sites for hydroxylation is 1. The minimum atomic E-state index is -0.119. The van der Waals surface area contributed by atoms with E-state index in [1.54, 1.807) is 12.0 Å². The van der Waals surface area contributed by atoms with Gasteiger partial charge in [-0.1, -0.05) is 30.3 Å². The fraction of sp³-hybridized carbons (Fsp3) is 0.529. The third-order valence-corrected chi connectivity index (χ3v) is 3.36. The summed E-state index contributed by atoms with van der Waals surface area (Å²) in [6.07, 6.45) is 2.52. The first kappa shape index (κ1) is 18.2.